The SMILES string of the molecule is COCCS[C@@H](C)C(=O)Nc1cccnc1Cl. The van der Waals surface area contributed by atoms with Crippen LogP contribution in [-0.2, 0) is 9.53 Å². The number of pyridine rings is 1. The van der Waals surface area contributed by atoms with Crippen molar-refractivity contribution in [3.8, 4) is 0 Å². The van der Waals surface area contributed by atoms with Gasteiger partial charge in [0.15, 0.2) is 5.15 Å². The molecule has 0 aliphatic carbocycles. The van der Waals surface area contributed by atoms with Crippen molar-refractivity contribution >= 4 is 35.0 Å². The number of amides is 1. The minimum absolute atomic E-state index is 0.0824. The highest BCUT2D eigenvalue weighted by Gasteiger charge is 2.14. The van der Waals surface area contributed by atoms with E-state index in [-0.39, 0.29) is 11.2 Å². The Bertz CT molecular complexity index is 376. The number of halogens is 1. The van der Waals surface area contributed by atoms with Gasteiger partial charge >= 0.3 is 0 Å². The number of carbonyl (C=O) groups is 1. The molecule has 0 aliphatic rings. The number of anilines is 1. The van der Waals surface area contributed by atoms with Crippen LogP contribution in [0.3, 0.4) is 0 Å². The summed E-state index contributed by atoms with van der Waals surface area (Å²) in [7, 11) is 1.64. The number of ether oxygens (including phenoxy) is 1. The highest BCUT2D eigenvalue weighted by atomic mass is 35.5. The van der Waals surface area contributed by atoms with Crippen molar-refractivity contribution in [1.82, 2.24) is 4.98 Å². The van der Waals surface area contributed by atoms with Crippen LogP contribution in [0.5, 0.6) is 0 Å². The molecule has 0 aromatic carbocycles. The third kappa shape index (κ3) is 4.93. The van der Waals surface area contributed by atoms with Gasteiger partial charge in [0.05, 0.1) is 17.5 Å². The van der Waals surface area contributed by atoms with Crippen LogP contribution in [0.25, 0.3) is 0 Å². The minimum atomic E-state index is -0.151. The van der Waals surface area contributed by atoms with Crippen LogP contribution in [0.4, 0.5) is 5.69 Å². The van der Waals surface area contributed by atoms with Gasteiger partial charge in [-0.1, -0.05) is 11.6 Å². The molecule has 0 fully saturated rings. The molecule has 0 unspecified atom stereocenters. The average molecular weight is 275 g/mol. The van der Waals surface area contributed by atoms with Gasteiger partial charge in [-0.2, -0.15) is 0 Å². The van der Waals surface area contributed by atoms with Crippen molar-refractivity contribution in [2.75, 3.05) is 24.8 Å². The number of thioether (sulfide) groups is 1. The van der Waals surface area contributed by atoms with Crippen molar-refractivity contribution in [3.05, 3.63) is 23.5 Å². The third-order valence-corrected chi connectivity index (χ3v) is 3.46. The first-order chi connectivity index (χ1) is 8.15. The molecule has 0 aliphatic heterocycles. The molecular formula is C11H15ClN2O2S. The molecular weight excluding hydrogens is 260 g/mol. The first-order valence-corrected chi connectivity index (χ1v) is 6.59. The zero-order chi connectivity index (χ0) is 12.7. The molecule has 0 radical (unpaired) electrons. The van der Waals surface area contributed by atoms with E-state index in [1.807, 2.05) is 6.92 Å². The molecule has 94 valence electrons. The molecule has 1 N–H and O–H groups in total. The molecule has 4 nitrogen and oxygen atoms in total. The molecule has 1 atom stereocenters. The summed E-state index contributed by atoms with van der Waals surface area (Å²) in [6.45, 7) is 2.48. The summed E-state index contributed by atoms with van der Waals surface area (Å²) in [5.41, 5.74) is 0.540. The molecule has 0 bridgehead atoms. The van der Waals surface area contributed by atoms with E-state index in [0.29, 0.717) is 17.4 Å². The van der Waals surface area contributed by atoms with E-state index >= 15 is 0 Å². The topological polar surface area (TPSA) is 51.2 Å². The average Bonchev–Trinajstić information content (AvgIpc) is 2.32. The Hall–Kier alpha value is -0.780. The Morgan fingerprint density at radius 3 is 3.12 bits per heavy atom. The van der Waals surface area contributed by atoms with E-state index < -0.39 is 0 Å². The van der Waals surface area contributed by atoms with Gasteiger partial charge in [0, 0.05) is 19.1 Å². The van der Waals surface area contributed by atoms with Gasteiger partial charge < -0.3 is 10.1 Å². The van der Waals surface area contributed by atoms with E-state index in [0.717, 1.165) is 5.75 Å². The Balaban J connectivity index is 2.46. The van der Waals surface area contributed by atoms with Gasteiger partial charge in [0.1, 0.15) is 0 Å². The second-order valence-corrected chi connectivity index (χ2v) is 5.14. The van der Waals surface area contributed by atoms with Crippen LogP contribution in [-0.4, -0.2) is 35.6 Å². The number of rotatable bonds is 6. The Labute approximate surface area is 110 Å². The van der Waals surface area contributed by atoms with Crippen LogP contribution in [0.1, 0.15) is 6.92 Å². The quantitative estimate of drug-likeness (QED) is 0.639. The molecule has 1 rings (SSSR count). The third-order valence-electron chi connectivity index (χ3n) is 2.04. The van der Waals surface area contributed by atoms with E-state index in [2.05, 4.69) is 10.3 Å². The molecule has 0 saturated heterocycles. The second-order valence-electron chi connectivity index (χ2n) is 3.34. The summed E-state index contributed by atoms with van der Waals surface area (Å²) >= 11 is 7.38. The zero-order valence-corrected chi connectivity index (χ0v) is 11.3. The predicted molar refractivity (Wildman–Crippen MR) is 71.7 cm³/mol. The van der Waals surface area contributed by atoms with Crippen LogP contribution >= 0.6 is 23.4 Å². The maximum atomic E-state index is 11.8. The molecule has 0 spiro atoms. The first kappa shape index (κ1) is 14.3. The molecule has 6 heteroatoms. The number of nitrogens with zero attached hydrogens (tertiary/aromatic N) is 1. The molecule has 1 aromatic rings. The van der Waals surface area contributed by atoms with Gasteiger partial charge in [-0.3, -0.25) is 4.79 Å². The number of aromatic nitrogens is 1. The molecule has 0 saturated carbocycles. The van der Waals surface area contributed by atoms with Gasteiger partial charge in [-0.05, 0) is 19.1 Å². The Morgan fingerprint density at radius 1 is 1.71 bits per heavy atom. The van der Waals surface area contributed by atoms with Crippen LogP contribution in [0.2, 0.25) is 5.15 Å². The molecule has 1 heterocycles. The summed E-state index contributed by atoms with van der Waals surface area (Å²) in [6, 6.07) is 3.45. The predicted octanol–water partition coefficient (Wildman–Crippen LogP) is 2.44. The number of hydrogen-bond donors (Lipinski definition) is 1. The summed E-state index contributed by atoms with van der Waals surface area (Å²) < 4.78 is 4.93. The highest BCUT2D eigenvalue weighted by Crippen LogP contribution is 2.19. The number of hydrogen-bond acceptors (Lipinski definition) is 4. The number of methoxy groups -OCH3 is 1. The second kappa shape index (κ2) is 7.53. The maximum absolute atomic E-state index is 11.8. The van der Waals surface area contributed by atoms with Crippen molar-refractivity contribution in [1.29, 1.82) is 0 Å². The van der Waals surface area contributed by atoms with Crippen molar-refractivity contribution in [2.24, 2.45) is 0 Å². The van der Waals surface area contributed by atoms with Gasteiger partial charge in [-0.15, -0.1) is 11.8 Å². The summed E-state index contributed by atoms with van der Waals surface area (Å²) in [5, 5.41) is 2.89. The van der Waals surface area contributed by atoms with Gasteiger partial charge in [0.2, 0.25) is 5.91 Å². The standard InChI is InChI=1S/C11H15ClN2O2S/c1-8(17-7-6-16-2)11(15)14-9-4-3-5-13-10(9)12/h3-5,8H,6-7H2,1-2H3,(H,14,15)/t8-/m0/s1. The summed E-state index contributed by atoms with van der Waals surface area (Å²) in [6.07, 6.45) is 1.58. The fraction of sp³-hybridized carbons (Fsp3) is 0.455. The lowest BCUT2D eigenvalue weighted by Gasteiger charge is -2.12. The molecule has 1 amide bonds. The van der Waals surface area contributed by atoms with E-state index in [1.165, 1.54) is 11.8 Å². The van der Waals surface area contributed by atoms with E-state index in [9.17, 15) is 4.79 Å². The molecule has 17 heavy (non-hydrogen) atoms. The van der Waals surface area contributed by atoms with E-state index in [1.54, 1.807) is 25.4 Å². The van der Waals surface area contributed by atoms with Crippen LogP contribution in [0.15, 0.2) is 18.3 Å². The number of carbonyl (C=O) groups excluding carboxylic acids is 1. The largest absolute Gasteiger partial charge is 0.384 e. The monoisotopic (exact) mass is 274 g/mol. The van der Waals surface area contributed by atoms with Gasteiger partial charge in [-0.25, -0.2) is 4.98 Å². The van der Waals surface area contributed by atoms with Crippen molar-refractivity contribution in [3.63, 3.8) is 0 Å². The van der Waals surface area contributed by atoms with Gasteiger partial charge in [0.25, 0.3) is 0 Å². The lowest BCUT2D eigenvalue weighted by molar-refractivity contribution is -0.115. The van der Waals surface area contributed by atoms with Crippen molar-refractivity contribution < 1.29 is 9.53 Å². The van der Waals surface area contributed by atoms with Crippen LogP contribution < -0.4 is 5.32 Å². The summed E-state index contributed by atoms with van der Waals surface area (Å²) in [4.78, 5) is 15.7. The summed E-state index contributed by atoms with van der Waals surface area (Å²) in [5.74, 6) is 0.701. The Morgan fingerprint density at radius 2 is 2.47 bits per heavy atom. The smallest absolute Gasteiger partial charge is 0.237 e. The lowest BCUT2D eigenvalue weighted by atomic mass is 10.4. The Kier molecular flexibility index (Phi) is 6.32. The zero-order valence-electron chi connectivity index (χ0n) is 9.77. The number of nitrogens with one attached hydrogen (secondary N) is 1. The fourth-order valence-electron chi connectivity index (χ4n) is 1.10. The fourth-order valence-corrected chi connectivity index (χ4v) is 2.09. The molecule has 1 aromatic heterocycles. The van der Waals surface area contributed by atoms with E-state index in [4.69, 9.17) is 16.3 Å². The normalized spacial score (nSPS) is 12.2. The first-order valence-electron chi connectivity index (χ1n) is 5.17. The minimum Gasteiger partial charge on any atom is -0.384 e. The van der Waals surface area contributed by atoms with Crippen LogP contribution in [0, 0.1) is 0 Å². The highest BCUT2D eigenvalue weighted by molar-refractivity contribution is 8.00. The van der Waals surface area contributed by atoms with Crippen molar-refractivity contribution in [2.45, 2.75) is 12.2 Å². The lowest BCUT2D eigenvalue weighted by Crippen LogP contribution is -2.23. The maximum Gasteiger partial charge on any atom is 0.237 e.